The van der Waals surface area contributed by atoms with Crippen LogP contribution in [0, 0.1) is 11.7 Å². The molecule has 1 aromatic heterocycles. The quantitative estimate of drug-likeness (QED) is 0.589. The highest BCUT2D eigenvalue weighted by Crippen LogP contribution is 2.22. The van der Waals surface area contributed by atoms with Crippen LogP contribution >= 0.6 is 0 Å². The third-order valence-electron chi connectivity index (χ3n) is 6.11. The maximum absolute atomic E-state index is 13.1. The Morgan fingerprint density at radius 1 is 1.24 bits per heavy atom. The first kappa shape index (κ1) is 23.8. The van der Waals surface area contributed by atoms with E-state index in [1.807, 2.05) is 24.0 Å². The number of carbonyl (C=O) groups excluding carboxylic acids is 3. The Labute approximate surface area is 197 Å². The van der Waals surface area contributed by atoms with Crippen molar-refractivity contribution in [3.8, 4) is 0 Å². The third kappa shape index (κ3) is 5.57. The summed E-state index contributed by atoms with van der Waals surface area (Å²) in [6, 6.07) is 9.04. The van der Waals surface area contributed by atoms with Crippen molar-refractivity contribution in [3.05, 3.63) is 65.7 Å². The molecule has 2 saturated heterocycles. The van der Waals surface area contributed by atoms with Gasteiger partial charge in [0.25, 0.3) is 5.91 Å². The third-order valence-corrected chi connectivity index (χ3v) is 6.11. The average molecular weight is 469 g/mol. The van der Waals surface area contributed by atoms with E-state index in [1.54, 1.807) is 29.4 Å². The number of benzene rings is 1. The van der Waals surface area contributed by atoms with Crippen molar-refractivity contribution in [1.29, 1.82) is 0 Å². The predicted molar refractivity (Wildman–Crippen MR) is 122 cm³/mol. The van der Waals surface area contributed by atoms with Crippen LogP contribution in [-0.2, 0) is 27.3 Å². The second kappa shape index (κ2) is 10.3. The van der Waals surface area contributed by atoms with E-state index in [4.69, 9.17) is 5.73 Å². The first-order chi connectivity index (χ1) is 16.3. The molecule has 1 aromatic carbocycles. The van der Waals surface area contributed by atoms with Gasteiger partial charge >= 0.3 is 0 Å². The van der Waals surface area contributed by atoms with Crippen molar-refractivity contribution in [3.63, 3.8) is 0 Å². The summed E-state index contributed by atoms with van der Waals surface area (Å²) in [5.41, 5.74) is 10.4. The second-order valence-electron chi connectivity index (χ2n) is 9.02. The molecule has 3 atom stereocenters. The van der Waals surface area contributed by atoms with Gasteiger partial charge in [-0.15, -0.1) is 0 Å². The van der Waals surface area contributed by atoms with E-state index in [2.05, 4.69) is 10.4 Å². The SMILES string of the molecule is CC(N)CN1CN(NC(=O)C2CC(=O)N(Cc3ccc(F)cc3)C2)C(=O)C1Cc1cccnc1. The molecular weight excluding hydrogens is 439 g/mol. The number of amides is 3. The summed E-state index contributed by atoms with van der Waals surface area (Å²) in [5.74, 6) is -1.65. The van der Waals surface area contributed by atoms with Crippen LogP contribution < -0.4 is 11.2 Å². The summed E-state index contributed by atoms with van der Waals surface area (Å²) >= 11 is 0. The van der Waals surface area contributed by atoms with Crippen molar-refractivity contribution < 1.29 is 18.8 Å². The molecule has 3 N–H and O–H groups in total. The normalized spacial score (nSPS) is 21.9. The predicted octanol–water partition coefficient (Wildman–Crippen LogP) is 0.661. The summed E-state index contributed by atoms with van der Waals surface area (Å²) in [5, 5.41) is 1.32. The maximum atomic E-state index is 13.1. The molecular formula is C24H29FN6O3. The van der Waals surface area contributed by atoms with E-state index in [9.17, 15) is 18.8 Å². The minimum atomic E-state index is -0.569. The number of carbonyl (C=O) groups is 3. The highest BCUT2D eigenvalue weighted by atomic mass is 19.1. The molecule has 0 bridgehead atoms. The minimum absolute atomic E-state index is 0.0672. The molecule has 9 nitrogen and oxygen atoms in total. The summed E-state index contributed by atoms with van der Waals surface area (Å²) in [4.78, 5) is 46.2. The number of aromatic nitrogens is 1. The molecule has 2 fully saturated rings. The zero-order valence-electron chi connectivity index (χ0n) is 19.1. The van der Waals surface area contributed by atoms with Gasteiger partial charge in [-0.1, -0.05) is 18.2 Å². The number of pyridine rings is 1. The van der Waals surface area contributed by atoms with Gasteiger partial charge in [-0.05, 0) is 42.7 Å². The Balaban J connectivity index is 1.38. The molecule has 10 heteroatoms. The van der Waals surface area contributed by atoms with Crippen LogP contribution in [0.4, 0.5) is 4.39 Å². The van der Waals surface area contributed by atoms with Crippen molar-refractivity contribution in [2.24, 2.45) is 11.7 Å². The summed E-state index contributed by atoms with van der Waals surface area (Å²) < 4.78 is 13.1. The standard InChI is InChI=1S/C24H29FN6O3/c1-16(26)12-30-15-31(24(34)21(30)9-18-3-2-8-27-11-18)28-23(33)19-10-22(32)29(14-19)13-17-4-6-20(25)7-5-17/h2-8,11,16,19,21H,9-10,12-15,26H2,1H3,(H,28,33). The zero-order valence-corrected chi connectivity index (χ0v) is 19.1. The molecule has 2 aliphatic rings. The maximum Gasteiger partial charge on any atom is 0.259 e. The van der Waals surface area contributed by atoms with Crippen LogP contribution in [0.15, 0.2) is 48.8 Å². The molecule has 0 saturated carbocycles. The number of nitrogens with zero attached hydrogens (tertiary/aromatic N) is 4. The van der Waals surface area contributed by atoms with Crippen molar-refractivity contribution in [2.75, 3.05) is 19.8 Å². The fourth-order valence-corrected chi connectivity index (χ4v) is 4.42. The number of rotatable bonds is 8. The van der Waals surface area contributed by atoms with Crippen molar-refractivity contribution in [1.82, 2.24) is 25.2 Å². The van der Waals surface area contributed by atoms with Gasteiger partial charge in [0.1, 0.15) is 5.82 Å². The van der Waals surface area contributed by atoms with Gasteiger partial charge in [0.15, 0.2) is 0 Å². The second-order valence-corrected chi connectivity index (χ2v) is 9.02. The molecule has 0 spiro atoms. The van der Waals surface area contributed by atoms with Crippen LogP contribution in [0.3, 0.4) is 0 Å². The monoisotopic (exact) mass is 468 g/mol. The van der Waals surface area contributed by atoms with Gasteiger partial charge in [-0.2, -0.15) is 0 Å². The Morgan fingerprint density at radius 3 is 2.68 bits per heavy atom. The summed E-state index contributed by atoms with van der Waals surface area (Å²) in [6.07, 6.45) is 3.92. The molecule has 3 heterocycles. The van der Waals surface area contributed by atoms with Crippen LogP contribution in [0.25, 0.3) is 0 Å². The summed E-state index contributed by atoms with van der Waals surface area (Å²) in [6.45, 7) is 3.13. The number of hydrazine groups is 1. The Kier molecular flexibility index (Phi) is 7.18. The van der Waals surface area contributed by atoms with Crippen molar-refractivity contribution >= 4 is 17.7 Å². The molecule has 34 heavy (non-hydrogen) atoms. The van der Waals surface area contributed by atoms with Crippen LogP contribution in [0.1, 0.15) is 24.5 Å². The molecule has 3 amide bonds. The molecule has 0 aliphatic carbocycles. The Morgan fingerprint density at radius 2 is 2.00 bits per heavy atom. The number of likely N-dealkylation sites (tertiary alicyclic amines) is 1. The Bertz CT molecular complexity index is 1030. The minimum Gasteiger partial charge on any atom is -0.338 e. The van der Waals surface area contributed by atoms with Crippen LogP contribution in [0.2, 0.25) is 0 Å². The van der Waals surface area contributed by atoms with E-state index >= 15 is 0 Å². The summed E-state index contributed by atoms with van der Waals surface area (Å²) in [7, 11) is 0. The van der Waals surface area contributed by atoms with Gasteiger partial charge in [-0.3, -0.25) is 29.7 Å². The van der Waals surface area contributed by atoms with Gasteiger partial charge in [0.2, 0.25) is 11.8 Å². The van der Waals surface area contributed by atoms with Gasteiger partial charge in [0, 0.05) is 44.5 Å². The zero-order chi connectivity index (χ0) is 24.2. The van der Waals surface area contributed by atoms with E-state index < -0.39 is 12.0 Å². The fraction of sp³-hybridized carbons (Fsp3) is 0.417. The molecule has 0 radical (unpaired) electrons. The topological polar surface area (TPSA) is 112 Å². The first-order valence-corrected chi connectivity index (χ1v) is 11.3. The van der Waals surface area contributed by atoms with Gasteiger partial charge in [0.05, 0.1) is 18.6 Å². The Hall–Kier alpha value is -3.37. The molecule has 3 unspecified atom stereocenters. The number of halogens is 1. The molecule has 4 rings (SSSR count). The lowest BCUT2D eigenvalue weighted by Crippen LogP contribution is -2.47. The highest BCUT2D eigenvalue weighted by molar-refractivity contribution is 5.91. The van der Waals surface area contributed by atoms with Gasteiger partial charge in [-0.25, -0.2) is 9.40 Å². The lowest BCUT2D eigenvalue weighted by atomic mass is 10.1. The first-order valence-electron chi connectivity index (χ1n) is 11.3. The highest BCUT2D eigenvalue weighted by Gasteiger charge is 2.41. The van der Waals surface area contributed by atoms with Crippen molar-refractivity contribution in [2.45, 2.75) is 38.4 Å². The number of hydrogen-bond acceptors (Lipinski definition) is 6. The van der Waals surface area contributed by atoms with E-state index in [0.717, 1.165) is 11.1 Å². The van der Waals surface area contributed by atoms with Crippen LogP contribution in [0.5, 0.6) is 0 Å². The molecule has 2 aromatic rings. The number of hydrogen-bond donors (Lipinski definition) is 2. The fourth-order valence-electron chi connectivity index (χ4n) is 4.42. The molecule has 180 valence electrons. The smallest absolute Gasteiger partial charge is 0.259 e. The van der Waals surface area contributed by atoms with Gasteiger partial charge < -0.3 is 10.6 Å². The van der Waals surface area contributed by atoms with E-state index in [1.165, 1.54) is 17.1 Å². The largest absolute Gasteiger partial charge is 0.338 e. The average Bonchev–Trinajstić information content (AvgIpc) is 3.30. The number of nitrogens with one attached hydrogen (secondary N) is 1. The molecule has 2 aliphatic heterocycles. The van der Waals surface area contributed by atoms with E-state index in [-0.39, 0.29) is 49.2 Å². The lowest BCUT2D eigenvalue weighted by Gasteiger charge is -2.23. The lowest BCUT2D eigenvalue weighted by molar-refractivity contribution is -0.140. The number of nitrogens with two attached hydrogens (primary N) is 1. The van der Waals surface area contributed by atoms with Crippen LogP contribution in [-0.4, -0.2) is 69.4 Å². The van der Waals surface area contributed by atoms with E-state index in [0.29, 0.717) is 19.5 Å².